The highest BCUT2D eigenvalue weighted by molar-refractivity contribution is 5.32. The third-order valence-corrected chi connectivity index (χ3v) is 3.78. The molecule has 1 aliphatic carbocycles. The molecule has 2 rings (SSSR count). The van der Waals surface area contributed by atoms with Gasteiger partial charge in [-0.15, -0.1) is 0 Å². The molecule has 1 fully saturated rings. The van der Waals surface area contributed by atoms with Gasteiger partial charge in [0.2, 0.25) is 0 Å². The molecule has 100 valence electrons. The Bertz CT molecular complexity index is 455. The van der Waals surface area contributed by atoms with Gasteiger partial charge in [-0.3, -0.25) is 0 Å². The van der Waals surface area contributed by atoms with E-state index in [1.165, 1.54) is 6.07 Å². The zero-order chi connectivity index (χ0) is 13.6. The summed E-state index contributed by atoms with van der Waals surface area (Å²) in [6.07, 6.45) is -2.80. The summed E-state index contributed by atoms with van der Waals surface area (Å²) in [5, 5.41) is 10.4. The smallest absolute Gasteiger partial charge is 0.385 e. The fourth-order valence-electron chi connectivity index (χ4n) is 2.60. The maximum atomic E-state index is 13.2. The topological polar surface area (TPSA) is 20.2 Å². The second-order valence-corrected chi connectivity index (χ2v) is 4.91. The van der Waals surface area contributed by atoms with Gasteiger partial charge in [0.1, 0.15) is 5.82 Å². The summed E-state index contributed by atoms with van der Waals surface area (Å²) in [5.74, 6) is -1.43. The molecule has 1 N–H and O–H groups in total. The zero-order valence-electron chi connectivity index (χ0n) is 9.89. The van der Waals surface area contributed by atoms with Crippen molar-refractivity contribution < 1.29 is 22.7 Å². The minimum absolute atomic E-state index is 0.121. The fourth-order valence-corrected chi connectivity index (χ4v) is 2.60. The Morgan fingerprint density at radius 3 is 2.50 bits per heavy atom. The first kappa shape index (κ1) is 13.3. The van der Waals surface area contributed by atoms with Crippen molar-refractivity contribution in [2.45, 2.75) is 38.0 Å². The van der Waals surface area contributed by atoms with E-state index in [9.17, 15) is 22.7 Å². The molecule has 2 unspecified atom stereocenters. The average Bonchev–Trinajstić information content (AvgIpc) is 2.59. The Morgan fingerprint density at radius 1 is 1.33 bits per heavy atom. The predicted octanol–water partition coefficient (Wildman–Crippen LogP) is 3.85. The Kier molecular flexibility index (Phi) is 3.13. The van der Waals surface area contributed by atoms with Crippen molar-refractivity contribution in [2.24, 2.45) is 5.92 Å². The summed E-state index contributed by atoms with van der Waals surface area (Å²) >= 11 is 0. The van der Waals surface area contributed by atoms with E-state index in [1.54, 1.807) is 6.92 Å². The van der Waals surface area contributed by atoms with Crippen molar-refractivity contribution >= 4 is 0 Å². The third kappa shape index (κ3) is 2.11. The van der Waals surface area contributed by atoms with Gasteiger partial charge in [-0.2, -0.15) is 13.2 Å². The lowest BCUT2D eigenvalue weighted by Gasteiger charge is -2.29. The van der Waals surface area contributed by atoms with Gasteiger partial charge < -0.3 is 5.11 Å². The van der Waals surface area contributed by atoms with Crippen molar-refractivity contribution in [3.8, 4) is 0 Å². The summed E-state index contributed by atoms with van der Waals surface area (Å²) in [6, 6.07) is 2.75. The van der Waals surface area contributed by atoms with Crippen LogP contribution in [0.4, 0.5) is 17.6 Å². The van der Waals surface area contributed by atoms with Gasteiger partial charge in [-0.1, -0.05) is 13.0 Å². The van der Waals surface area contributed by atoms with Crippen LogP contribution in [-0.2, 0) is 11.8 Å². The number of aliphatic hydroxyl groups is 1. The molecule has 1 saturated carbocycles. The van der Waals surface area contributed by atoms with Gasteiger partial charge in [-0.05, 0) is 42.9 Å². The van der Waals surface area contributed by atoms with E-state index in [2.05, 4.69) is 0 Å². The normalized spacial score (nSPS) is 28.7. The quantitative estimate of drug-likeness (QED) is 0.762. The van der Waals surface area contributed by atoms with Crippen LogP contribution in [0.3, 0.4) is 0 Å². The molecular formula is C13H14F4O. The number of alkyl halides is 3. The molecule has 1 aromatic rings. The van der Waals surface area contributed by atoms with E-state index in [1.807, 2.05) is 0 Å². The summed E-state index contributed by atoms with van der Waals surface area (Å²) in [7, 11) is 0. The van der Waals surface area contributed by atoms with Crippen molar-refractivity contribution in [3.63, 3.8) is 0 Å². The second kappa shape index (κ2) is 4.23. The first-order chi connectivity index (χ1) is 8.25. The Balaban J connectivity index is 2.48. The van der Waals surface area contributed by atoms with E-state index in [0.717, 1.165) is 25.0 Å². The summed E-state index contributed by atoms with van der Waals surface area (Å²) in [5.41, 5.74) is -2.43. The molecule has 5 heteroatoms. The molecule has 2 atom stereocenters. The average molecular weight is 262 g/mol. The van der Waals surface area contributed by atoms with Gasteiger partial charge in [0.05, 0.1) is 11.2 Å². The van der Waals surface area contributed by atoms with E-state index < -0.39 is 23.2 Å². The first-order valence-electron chi connectivity index (χ1n) is 5.85. The van der Waals surface area contributed by atoms with Gasteiger partial charge in [0.15, 0.2) is 0 Å². The zero-order valence-corrected chi connectivity index (χ0v) is 9.89. The lowest BCUT2D eigenvalue weighted by atomic mass is 9.84. The maximum Gasteiger partial charge on any atom is 0.419 e. The molecule has 0 aromatic heterocycles. The second-order valence-electron chi connectivity index (χ2n) is 4.91. The molecule has 1 nitrogen and oxygen atoms in total. The fraction of sp³-hybridized carbons (Fsp3) is 0.538. The highest BCUT2D eigenvalue weighted by atomic mass is 19.4. The number of rotatable bonds is 1. The molecule has 18 heavy (non-hydrogen) atoms. The highest BCUT2D eigenvalue weighted by Gasteiger charge is 2.42. The lowest BCUT2D eigenvalue weighted by molar-refractivity contribution is -0.140. The summed E-state index contributed by atoms with van der Waals surface area (Å²) < 4.78 is 51.0. The summed E-state index contributed by atoms with van der Waals surface area (Å²) in [4.78, 5) is 0. The monoisotopic (exact) mass is 262 g/mol. The van der Waals surface area contributed by atoms with Gasteiger partial charge in [0.25, 0.3) is 0 Å². The SMILES string of the molecule is CC1CCCC1(O)c1ccc(F)c(C(F)(F)F)c1. The third-order valence-electron chi connectivity index (χ3n) is 3.78. The standard InChI is InChI=1S/C13H14F4O/c1-8-3-2-6-12(8,18)9-4-5-11(14)10(7-9)13(15,16)17/h4-5,7-8,18H,2-3,6H2,1H3. The van der Waals surface area contributed by atoms with Crippen LogP contribution in [0.15, 0.2) is 18.2 Å². The van der Waals surface area contributed by atoms with Gasteiger partial charge in [0, 0.05) is 0 Å². The molecule has 0 spiro atoms. The minimum atomic E-state index is -4.74. The summed E-state index contributed by atoms with van der Waals surface area (Å²) in [6.45, 7) is 1.80. The van der Waals surface area contributed by atoms with Gasteiger partial charge in [-0.25, -0.2) is 4.39 Å². The highest BCUT2D eigenvalue weighted by Crippen LogP contribution is 2.44. The van der Waals surface area contributed by atoms with Crippen LogP contribution in [0.1, 0.15) is 37.3 Å². The van der Waals surface area contributed by atoms with E-state index in [-0.39, 0.29) is 11.5 Å². The van der Waals surface area contributed by atoms with Crippen LogP contribution < -0.4 is 0 Å². The van der Waals surface area contributed by atoms with Crippen LogP contribution in [0.2, 0.25) is 0 Å². The molecule has 0 bridgehead atoms. The lowest BCUT2D eigenvalue weighted by Crippen LogP contribution is -2.29. The Hall–Kier alpha value is -1.10. The molecular weight excluding hydrogens is 248 g/mol. The van der Waals surface area contributed by atoms with Gasteiger partial charge >= 0.3 is 6.18 Å². The molecule has 0 radical (unpaired) electrons. The van der Waals surface area contributed by atoms with E-state index in [0.29, 0.717) is 6.42 Å². The van der Waals surface area contributed by atoms with Crippen LogP contribution in [0.25, 0.3) is 0 Å². The van der Waals surface area contributed by atoms with Crippen molar-refractivity contribution in [2.75, 3.05) is 0 Å². The molecule has 0 amide bonds. The van der Waals surface area contributed by atoms with Crippen LogP contribution in [0, 0.1) is 11.7 Å². The van der Waals surface area contributed by atoms with E-state index in [4.69, 9.17) is 0 Å². The number of hydrogen-bond donors (Lipinski definition) is 1. The Morgan fingerprint density at radius 2 is 2.00 bits per heavy atom. The van der Waals surface area contributed by atoms with E-state index >= 15 is 0 Å². The molecule has 0 heterocycles. The first-order valence-corrected chi connectivity index (χ1v) is 5.85. The molecule has 0 aliphatic heterocycles. The minimum Gasteiger partial charge on any atom is -0.385 e. The number of hydrogen-bond acceptors (Lipinski definition) is 1. The van der Waals surface area contributed by atoms with Crippen molar-refractivity contribution in [1.82, 2.24) is 0 Å². The maximum absolute atomic E-state index is 13.2. The van der Waals surface area contributed by atoms with Crippen LogP contribution in [-0.4, -0.2) is 5.11 Å². The van der Waals surface area contributed by atoms with Crippen molar-refractivity contribution in [3.05, 3.63) is 35.1 Å². The Labute approximate surface area is 102 Å². The largest absolute Gasteiger partial charge is 0.419 e. The van der Waals surface area contributed by atoms with Crippen LogP contribution in [0.5, 0.6) is 0 Å². The number of halogens is 4. The predicted molar refractivity (Wildman–Crippen MR) is 58.3 cm³/mol. The van der Waals surface area contributed by atoms with Crippen molar-refractivity contribution in [1.29, 1.82) is 0 Å². The number of benzene rings is 1. The molecule has 1 aliphatic rings. The molecule has 0 saturated heterocycles. The van der Waals surface area contributed by atoms with Crippen LogP contribution >= 0.6 is 0 Å². The molecule has 1 aromatic carbocycles.